The number of hydrogen-bond acceptors (Lipinski definition) is 4. The number of carbonyl (C=O) groups is 2. The first-order chi connectivity index (χ1) is 8.99. The normalized spacial score (nSPS) is 19.3. The van der Waals surface area contributed by atoms with Gasteiger partial charge in [-0.2, -0.15) is 0 Å². The number of carbonyl (C=O) groups excluding carboxylic acids is 2. The summed E-state index contributed by atoms with van der Waals surface area (Å²) in [6.07, 6.45) is 7.55. The SMILES string of the molecule is CC(C)OC(=O)CCCC=CCC1=C[C@@H](O)CC1=O. The van der Waals surface area contributed by atoms with E-state index in [1.807, 2.05) is 26.0 Å². The Kier molecular flexibility index (Phi) is 6.50. The van der Waals surface area contributed by atoms with Crippen LogP contribution in [0.25, 0.3) is 0 Å². The van der Waals surface area contributed by atoms with Gasteiger partial charge in [0, 0.05) is 12.8 Å². The van der Waals surface area contributed by atoms with Crippen molar-refractivity contribution >= 4 is 11.8 Å². The van der Waals surface area contributed by atoms with E-state index in [0.717, 1.165) is 12.8 Å². The Morgan fingerprint density at radius 2 is 2.26 bits per heavy atom. The van der Waals surface area contributed by atoms with Gasteiger partial charge < -0.3 is 9.84 Å². The highest BCUT2D eigenvalue weighted by molar-refractivity contribution is 5.98. The standard InChI is InChI=1S/C15H22O4/c1-11(2)19-15(18)8-6-4-3-5-7-12-9-13(16)10-14(12)17/h3,5,9,11,13,16H,4,6-8,10H2,1-2H3/t13-/m1/s1. The van der Waals surface area contributed by atoms with Crippen molar-refractivity contribution in [3.63, 3.8) is 0 Å². The molecule has 0 amide bonds. The van der Waals surface area contributed by atoms with Gasteiger partial charge in [-0.25, -0.2) is 0 Å². The summed E-state index contributed by atoms with van der Waals surface area (Å²) in [7, 11) is 0. The van der Waals surface area contributed by atoms with Crippen LogP contribution in [-0.2, 0) is 14.3 Å². The molecule has 19 heavy (non-hydrogen) atoms. The lowest BCUT2D eigenvalue weighted by Crippen LogP contribution is -2.10. The van der Waals surface area contributed by atoms with Crippen molar-refractivity contribution < 1.29 is 19.4 Å². The van der Waals surface area contributed by atoms with Gasteiger partial charge in [0.15, 0.2) is 5.78 Å². The van der Waals surface area contributed by atoms with Crippen LogP contribution in [0.1, 0.15) is 46.0 Å². The minimum Gasteiger partial charge on any atom is -0.463 e. The largest absolute Gasteiger partial charge is 0.463 e. The first-order valence-electron chi connectivity index (χ1n) is 6.75. The van der Waals surface area contributed by atoms with Gasteiger partial charge in [0.2, 0.25) is 0 Å². The molecule has 0 saturated heterocycles. The summed E-state index contributed by atoms with van der Waals surface area (Å²) in [5.41, 5.74) is 0.683. The van der Waals surface area contributed by atoms with Gasteiger partial charge in [-0.15, -0.1) is 0 Å². The van der Waals surface area contributed by atoms with E-state index in [-0.39, 0.29) is 24.3 Å². The maximum absolute atomic E-state index is 11.4. The highest BCUT2D eigenvalue weighted by atomic mass is 16.5. The second-order valence-corrected chi connectivity index (χ2v) is 4.99. The van der Waals surface area contributed by atoms with Crippen LogP contribution in [0.5, 0.6) is 0 Å². The van der Waals surface area contributed by atoms with E-state index >= 15 is 0 Å². The number of rotatable bonds is 7. The highest BCUT2D eigenvalue weighted by Crippen LogP contribution is 2.18. The predicted octanol–water partition coefficient (Wildman–Crippen LogP) is 2.31. The molecule has 1 aliphatic rings. The van der Waals surface area contributed by atoms with E-state index in [0.29, 0.717) is 18.4 Å². The maximum Gasteiger partial charge on any atom is 0.306 e. The third-order valence-corrected chi connectivity index (χ3v) is 2.77. The third-order valence-electron chi connectivity index (χ3n) is 2.77. The third kappa shape index (κ3) is 6.34. The lowest BCUT2D eigenvalue weighted by atomic mass is 10.1. The fourth-order valence-electron chi connectivity index (χ4n) is 1.90. The number of hydrogen-bond donors (Lipinski definition) is 1. The Balaban J connectivity index is 2.13. The molecule has 0 saturated carbocycles. The van der Waals surface area contributed by atoms with Gasteiger partial charge >= 0.3 is 5.97 Å². The van der Waals surface area contributed by atoms with Crippen molar-refractivity contribution in [2.24, 2.45) is 0 Å². The fourth-order valence-corrected chi connectivity index (χ4v) is 1.90. The Bertz CT molecular complexity index is 380. The first-order valence-corrected chi connectivity index (χ1v) is 6.75. The lowest BCUT2D eigenvalue weighted by molar-refractivity contribution is -0.147. The molecule has 0 aromatic heterocycles. The van der Waals surface area contributed by atoms with Crippen LogP contribution in [0.2, 0.25) is 0 Å². The minimum absolute atomic E-state index is 0.0256. The number of allylic oxidation sites excluding steroid dienone is 3. The smallest absolute Gasteiger partial charge is 0.306 e. The lowest BCUT2D eigenvalue weighted by Gasteiger charge is -2.06. The zero-order valence-electron chi connectivity index (χ0n) is 11.6. The molecule has 0 spiro atoms. The van der Waals surface area contributed by atoms with Crippen LogP contribution in [-0.4, -0.2) is 29.1 Å². The van der Waals surface area contributed by atoms with Gasteiger partial charge in [0.1, 0.15) is 0 Å². The topological polar surface area (TPSA) is 63.6 Å². The van der Waals surface area contributed by atoms with Crippen molar-refractivity contribution in [1.29, 1.82) is 0 Å². The molecule has 1 atom stereocenters. The molecule has 0 heterocycles. The molecular weight excluding hydrogens is 244 g/mol. The van der Waals surface area contributed by atoms with Crippen LogP contribution < -0.4 is 0 Å². The van der Waals surface area contributed by atoms with E-state index in [1.54, 1.807) is 6.08 Å². The fraction of sp³-hybridized carbons (Fsp3) is 0.600. The second-order valence-electron chi connectivity index (χ2n) is 4.99. The molecule has 0 fully saturated rings. The summed E-state index contributed by atoms with van der Waals surface area (Å²) in [4.78, 5) is 22.6. The minimum atomic E-state index is -0.610. The Hall–Kier alpha value is -1.42. The number of unbranched alkanes of at least 4 members (excludes halogenated alkanes) is 1. The first kappa shape index (κ1) is 15.6. The van der Waals surface area contributed by atoms with Crippen molar-refractivity contribution in [2.45, 2.75) is 58.2 Å². The monoisotopic (exact) mass is 266 g/mol. The summed E-state index contributed by atoms with van der Waals surface area (Å²) in [5.74, 6) is -0.141. The van der Waals surface area contributed by atoms with Gasteiger partial charge in [-0.1, -0.05) is 12.2 Å². The summed E-state index contributed by atoms with van der Waals surface area (Å²) in [6, 6.07) is 0. The molecule has 1 aliphatic carbocycles. The average molecular weight is 266 g/mol. The molecular formula is C15H22O4. The maximum atomic E-state index is 11.4. The molecule has 1 N–H and O–H groups in total. The molecule has 0 radical (unpaired) electrons. The molecule has 0 unspecified atom stereocenters. The number of ketones is 1. The van der Waals surface area contributed by atoms with Gasteiger partial charge in [-0.3, -0.25) is 9.59 Å². The van der Waals surface area contributed by atoms with Gasteiger partial charge in [0.05, 0.1) is 12.2 Å². The Labute approximate surface area is 114 Å². The zero-order chi connectivity index (χ0) is 14.3. The van der Waals surface area contributed by atoms with Crippen molar-refractivity contribution in [1.82, 2.24) is 0 Å². The zero-order valence-corrected chi connectivity index (χ0v) is 11.6. The molecule has 4 nitrogen and oxygen atoms in total. The molecule has 0 aromatic rings. The molecule has 0 aromatic carbocycles. The second kappa shape index (κ2) is 7.89. The summed E-state index contributed by atoms with van der Waals surface area (Å²) in [6.45, 7) is 3.66. The van der Waals surface area contributed by atoms with E-state index in [1.165, 1.54) is 0 Å². The van der Waals surface area contributed by atoms with Crippen LogP contribution >= 0.6 is 0 Å². The van der Waals surface area contributed by atoms with Crippen LogP contribution in [0.15, 0.2) is 23.8 Å². The van der Waals surface area contributed by atoms with Crippen molar-refractivity contribution in [3.8, 4) is 0 Å². The summed E-state index contributed by atoms with van der Waals surface area (Å²) in [5, 5.41) is 9.27. The molecule has 106 valence electrons. The van der Waals surface area contributed by atoms with Gasteiger partial charge in [-0.05, 0) is 44.8 Å². The summed E-state index contributed by atoms with van der Waals surface area (Å²) >= 11 is 0. The molecule has 0 bridgehead atoms. The highest BCUT2D eigenvalue weighted by Gasteiger charge is 2.20. The van der Waals surface area contributed by atoms with E-state index in [2.05, 4.69) is 0 Å². The van der Waals surface area contributed by atoms with E-state index in [4.69, 9.17) is 4.74 Å². The van der Waals surface area contributed by atoms with Crippen molar-refractivity contribution in [2.75, 3.05) is 0 Å². The Morgan fingerprint density at radius 3 is 2.84 bits per heavy atom. The van der Waals surface area contributed by atoms with E-state index < -0.39 is 6.10 Å². The summed E-state index contributed by atoms with van der Waals surface area (Å²) < 4.78 is 5.02. The molecule has 1 rings (SSSR count). The predicted molar refractivity (Wildman–Crippen MR) is 72.5 cm³/mol. The van der Waals surface area contributed by atoms with Crippen LogP contribution in [0.3, 0.4) is 0 Å². The number of aliphatic hydroxyl groups excluding tert-OH is 1. The number of ether oxygens (including phenoxy) is 1. The van der Waals surface area contributed by atoms with Crippen LogP contribution in [0, 0.1) is 0 Å². The number of aliphatic hydroxyl groups is 1. The Morgan fingerprint density at radius 1 is 1.53 bits per heavy atom. The molecule has 0 aliphatic heterocycles. The van der Waals surface area contributed by atoms with Crippen LogP contribution in [0.4, 0.5) is 0 Å². The molecule has 4 heteroatoms. The van der Waals surface area contributed by atoms with E-state index in [9.17, 15) is 14.7 Å². The average Bonchev–Trinajstić information content (AvgIpc) is 2.61. The van der Waals surface area contributed by atoms with Crippen molar-refractivity contribution in [3.05, 3.63) is 23.8 Å². The number of Topliss-reactive ketones (excluding diaryl/α,β-unsaturated/α-hetero) is 1. The quantitative estimate of drug-likeness (QED) is 0.436. The number of esters is 1. The van der Waals surface area contributed by atoms with Gasteiger partial charge in [0.25, 0.3) is 0 Å².